The zero-order valence-corrected chi connectivity index (χ0v) is 17.5. The van der Waals surface area contributed by atoms with E-state index in [4.69, 9.17) is 0 Å². The molecule has 0 spiro atoms. The standard InChI is InChI=1S/C22H24N4O6/c27-17-5-4-16(19(28)23-17)26-20(29)14-2-1-3-15(18(14)21(26)30)25-10-13(11-25)24-8-6-12(7-9-24)22(31)32/h1-3,12-13,16H,4-11H2,(H,31,32)(H,23,27,28). The van der Waals surface area contributed by atoms with Crippen molar-refractivity contribution >= 4 is 35.3 Å². The molecule has 0 saturated carbocycles. The van der Waals surface area contributed by atoms with E-state index in [0.717, 1.165) is 18.0 Å². The van der Waals surface area contributed by atoms with Gasteiger partial charge in [-0.2, -0.15) is 0 Å². The fourth-order valence-corrected chi connectivity index (χ4v) is 5.16. The molecule has 10 heteroatoms. The normalized spacial score (nSPS) is 25.1. The first-order valence-corrected chi connectivity index (χ1v) is 10.9. The van der Waals surface area contributed by atoms with Gasteiger partial charge in [-0.25, -0.2) is 0 Å². The van der Waals surface area contributed by atoms with E-state index in [0.29, 0.717) is 37.2 Å². The molecule has 1 unspecified atom stereocenters. The fraction of sp³-hybridized carbons (Fsp3) is 0.500. The molecule has 4 amide bonds. The Hall–Kier alpha value is -3.27. The highest BCUT2D eigenvalue weighted by Crippen LogP contribution is 2.37. The van der Waals surface area contributed by atoms with E-state index in [1.807, 2.05) is 11.0 Å². The predicted molar refractivity (Wildman–Crippen MR) is 111 cm³/mol. The average molecular weight is 440 g/mol. The Morgan fingerprint density at radius 1 is 1.00 bits per heavy atom. The molecular weight excluding hydrogens is 416 g/mol. The van der Waals surface area contributed by atoms with Crippen LogP contribution < -0.4 is 10.2 Å². The summed E-state index contributed by atoms with van der Waals surface area (Å²) in [4.78, 5) is 66.4. The van der Waals surface area contributed by atoms with Crippen molar-refractivity contribution in [2.45, 2.75) is 37.8 Å². The van der Waals surface area contributed by atoms with Gasteiger partial charge in [-0.3, -0.25) is 39.1 Å². The Labute approximate surface area is 184 Å². The summed E-state index contributed by atoms with van der Waals surface area (Å²) in [5, 5.41) is 11.4. The summed E-state index contributed by atoms with van der Waals surface area (Å²) in [5.41, 5.74) is 1.26. The number of benzene rings is 1. The Morgan fingerprint density at radius 2 is 1.72 bits per heavy atom. The summed E-state index contributed by atoms with van der Waals surface area (Å²) >= 11 is 0. The predicted octanol–water partition coefficient (Wildman–Crippen LogP) is 0.0730. The fourth-order valence-electron chi connectivity index (χ4n) is 5.16. The van der Waals surface area contributed by atoms with Crippen LogP contribution in [0.1, 0.15) is 46.4 Å². The number of piperidine rings is 2. The number of carbonyl (C=O) groups is 5. The van der Waals surface area contributed by atoms with Crippen LogP contribution in [0.5, 0.6) is 0 Å². The Bertz CT molecular complexity index is 1030. The van der Waals surface area contributed by atoms with Gasteiger partial charge in [0.15, 0.2) is 0 Å². The number of amides is 4. The number of aliphatic carboxylic acids is 1. The monoisotopic (exact) mass is 440 g/mol. The number of imide groups is 2. The van der Waals surface area contributed by atoms with Crippen LogP contribution in [0.3, 0.4) is 0 Å². The summed E-state index contributed by atoms with van der Waals surface area (Å²) in [6.45, 7) is 2.86. The largest absolute Gasteiger partial charge is 0.481 e. The number of hydrogen-bond acceptors (Lipinski definition) is 7. The van der Waals surface area contributed by atoms with Gasteiger partial charge >= 0.3 is 5.97 Å². The third kappa shape index (κ3) is 3.26. The third-order valence-corrected chi connectivity index (χ3v) is 7.04. The van der Waals surface area contributed by atoms with Gasteiger partial charge in [0, 0.05) is 25.6 Å². The minimum atomic E-state index is -0.979. The number of carbonyl (C=O) groups excluding carboxylic acids is 4. The van der Waals surface area contributed by atoms with E-state index >= 15 is 0 Å². The molecule has 1 atom stereocenters. The van der Waals surface area contributed by atoms with Gasteiger partial charge in [-0.1, -0.05) is 6.07 Å². The smallest absolute Gasteiger partial charge is 0.306 e. The minimum Gasteiger partial charge on any atom is -0.481 e. The van der Waals surface area contributed by atoms with Crippen LogP contribution >= 0.6 is 0 Å². The molecule has 2 N–H and O–H groups in total. The maximum absolute atomic E-state index is 13.2. The zero-order valence-electron chi connectivity index (χ0n) is 17.5. The maximum Gasteiger partial charge on any atom is 0.306 e. The number of nitrogens with one attached hydrogen (secondary N) is 1. The van der Waals surface area contributed by atoms with Gasteiger partial charge in [0.05, 0.1) is 22.7 Å². The van der Waals surface area contributed by atoms with Gasteiger partial charge in [0.2, 0.25) is 11.8 Å². The number of anilines is 1. The zero-order chi connectivity index (χ0) is 22.6. The van der Waals surface area contributed by atoms with Crippen molar-refractivity contribution in [1.82, 2.24) is 15.1 Å². The summed E-state index contributed by atoms with van der Waals surface area (Å²) in [5.74, 6) is -3.03. The van der Waals surface area contributed by atoms with E-state index in [1.165, 1.54) is 0 Å². The van der Waals surface area contributed by atoms with Crippen molar-refractivity contribution in [3.8, 4) is 0 Å². The third-order valence-electron chi connectivity index (χ3n) is 7.04. The van der Waals surface area contributed by atoms with Crippen LogP contribution in [0, 0.1) is 5.92 Å². The van der Waals surface area contributed by atoms with E-state index in [1.54, 1.807) is 12.1 Å². The topological polar surface area (TPSA) is 127 Å². The van der Waals surface area contributed by atoms with Gasteiger partial charge in [0.1, 0.15) is 6.04 Å². The first-order chi connectivity index (χ1) is 15.3. The molecule has 32 heavy (non-hydrogen) atoms. The first kappa shape index (κ1) is 20.6. The number of likely N-dealkylation sites (tertiary alicyclic amines) is 1. The van der Waals surface area contributed by atoms with Crippen molar-refractivity contribution in [2.24, 2.45) is 5.92 Å². The molecule has 0 radical (unpaired) electrons. The van der Waals surface area contributed by atoms with E-state index < -0.39 is 35.6 Å². The summed E-state index contributed by atoms with van der Waals surface area (Å²) in [7, 11) is 0. The van der Waals surface area contributed by atoms with Crippen LogP contribution in [0.4, 0.5) is 5.69 Å². The lowest BCUT2D eigenvalue weighted by molar-refractivity contribution is -0.143. The molecule has 4 aliphatic rings. The van der Waals surface area contributed by atoms with Crippen LogP contribution in [0.2, 0.25) is 0 Å². The second-order valence-electron chi connectivity index (χ2n) is 8.85. The average Bonchev–Trinajstić information content (AvgIpc) is 2.99. The van der Waals surface area contributed by atoms with Crippen LogP contribution in [-0.2, 0) is 14.4 Å². The maximum atomic E-state index is 13.2. The highest BCUT2D eigenvalue weighted by molar-refractivity contribution is 6.25. The van der Waals surface area contributed by atoms with Crippen molar-refractivity contribution in [3.63, 3.8) is 0 Å². The number of hydrogen-bond donors (Lipinski definition) is 2. The highest BCUT2D eigenvalue weighted by Gasteiger charge is 2.47. The lowest BCUT2D eigenvalue weighted by atomic mass is 9.93. The quantitative estimate of drug-likeness (QED) is 0.630. The minimum absolute atomic E-state index is 0.0864. The second-order valence-corrected chi connectivity index (χ2v) is 8.85. The molecule has 10 nitrogen and oxygen atoms in total. The van der Waals surface area contributed by atoms with Crippen molar-refractivity contribution in [2.75, 3.05) is 31.1 Å². The highest BCUT2D eigenvalue weighted by atomic mass is 16.4. The Kier molecular flexibility index (Phi) is 4.96. The first-order valence-electron chi connectivity index (χ1n) is 10.9. The molecule has 3 fully saturated rings. The van der Waals surface area contributed by atoms with Crippen molar-refractivity contribution < 1.29 is 29.1 Å². The molecule has 0 bridgehead atoms. The summed E-state index contributed by atoms with van der Waals surface area (Å²) < 4.78 is 0. The van der Waals surface area contributed by atoms with Crippen LogP contribution in [0.15, 0.2) is 18.2 Å². The lowest BCUT2D eigenvalue weighted by Gasteiger charge is -2.48. The van der Waals surface area contributed by atoms with E-state index in [-0.39, 0.29) is 30.4 Å². The molecule has 3 saturated heterocycles. The van der Waals surface area contributed by atoms with Crippen LogP contribution in [-0.4, -0.2) is 82.8 Å². The lowest BCUT2D eigenvalue weighted by Crippen LogP contribution is -2.61. The van der Waals surface area contributed by atoms with Crippen molar-refractivity contribution in [3.05, 3.63) is 29.3 Å². The molecule has 1 aromatic rings. The second kappa shape index (κ2) is 7.70. The number of rotatable bonds is 4. The molecule has 4 aliphatic heterocycles. The number of fused-ring (bicyclic) bond motifs is 1. The van der Waals surface area contributed by atoms with E-state index in [9.17, 15) is 29.1 Å². The van der Waals surface area contributed by atoms with Gasteiger partial charge in [0.25, 0.3) is 11.8 Å². The van der Waals surface area contributed by atoms with Gasteiger partial charge < -0.3 is 10.0 Å². The van der Waals surface area contributed by atoms with E-state index in [2.05, 4.69) is 10.2 Å². The Morgan fingerprint density at radius 3 is 2.38 bits per heavy atom. The van der Waals surface area contributed by atoms with Crippen LogP contribution in [0.25, 0.3) is 0 Å². The van der Waals surface area contributed by atoms with Crippen molar-refractivity contribution in [1.29, 1.82) is 0 Å². The van der Waals surface area contributed by atoms with Gasteiger partial charge in [-0.15, -0.1) is 0 Å². The summed E-state index contributed by atoms with van der Waals surface area (Å²) in [6.07, 6.45) is 1.49. The molecule has 0 aromatic heterocycles. The molecule has 168 valence electrons. The number of carboxylic acids is 1. The number of carboxylic acid groups (broad SMARTS) is 1. The molecule has 0 aliphatic carbocycles. The van der Waals surface area contributed by atoms with Gasteiger partial charge in [-0.05, 0) is 44.5 Å². The molecule has 4 heterocycles. The molecule has 1 aromatic carbocycles. The number of nitrogens with zero attached hydrogens (tertiary/aromatic N) is 3. The molecular formula is C22H24N4O6. The molecule has 5 rings (SSSR count). The Balaban J connectivity index is 1.30. The SMILES string of the molecule is O=C1CCC(N2C(=O)c3cccc(N4CC(N5CCC(C(=O)O)CC5)C4)c3C2=O)C(=O)N1. The summed E-state index contributed by atoms with van der Waals surface area (Å²) in [6, 6.07) is 4.44.